The van der Waals surface area contributed by atoms with Gasteiger partial charge in [0.15, 0.2) is 0 Å². The second-order valence-electron chi connectivity index (χ2n) is 2.65. The molecular weight excluding hydrogens is 179 g/mol. The van der Waals surface area contributed by atoms with Gasteiger partial charge in [0.25, 0.3) is 0 Å². The number of pyridine rings is 1. The molecule has 0 fully saturated rings. The van der Waals surface area contributed by atoms with Gasteiger partial charge >= 0.3 is 0 Å². The first-order valence-corrected chi connectivity index (χ1v) is 4.30. The number of benzene rings is 1. The topological polar surface area (TPSA) is 24.9 Å². The Kier molecular flexibility index (Phi) is 3.85. The summed E-state index contributed by atoms with van der Waals surface area (Å²) in [6, 6.07) is 8.16. The van der Waals surface area contributed by atoms with Crippen molar-refractivity contribution in [2.24, 2.45) is 0 Å². The number of hydrogen-bond acceptors (Lipinski definition) is 2. The maximum Gasteiger partial charge on any atom is 0.0785 e. The molecule has 2 rings (SSSR count). The largest absolute Gasteiger partial charge is 0.388 e. The zero-order chi connectivity index (χ0) is 10.4. The Balaban J connectivity index is 0.000000461. The predicted octanol–water partition coefficient (Wildman–Crippen LogP) is 2.86. The SMILES string of the molecule is CF.CNc1cccc2cnccc12. The summed E-state index contributed by atoms with van der Waals surface area (Å²) in [4.78, 5) is 4.06. The summed E-state index contributed by atoms with van der Waals surface area (Å²) < 4.78 is 9.50. The van der Waals surface area contributed by atoms with Crippen LogP contribution < -0.4 is 5.32 Å². The third-order valence-corrected chi connectivity index (χ3v) is 1.95. The Morgan fingerprint density at radius 3 is 2.71 bits per heavy atom. The van der Waals surface area contributed by atoms with E-state index in [4.69, 9.17) is 0 Å². The number of nitrogens with zero attached hydrogens (tertiary/aromatic N) is 1. The molecule has 2 aromatic rings. The van der Waals surface area contributed by atoms with Gasteiger partial charge in [-0.15, -0.1) is 0 Å². The highest BCUT2D eigenvalue weighted by Crippen LogP contribution is 2.20. The van der Waals surface area contributed by atoms with E-state index in [-0.39, 0.29) is 0 Å². The van der Waals surface area contributed by atoms with Crippen LogP contribution in [0.5, 0.6) is 0 Å². The van der Waals surface area contributed by atoms with Crippen LogP contribution in [0.25, 0.3) is 10.8 Å². The van der Waals surface area contributed by atoms with Crippen molar-refractivity contribution < 1.29 is 4.39 Å². The van der Waals surface area contributed by atoms with Gasteiger partial charge in [0.05, 0.1) is 7.18 Å². The molecule has 0 aliphatic carbocycles. The molecule has 74 valence electrons. The van der Waals surface area contributed by atoms with E-state index in [9.17, 15) is 4.39 Å². The smallest absolute Gasteiger partial charge is 0.0785 e. The van der Waals surface area contributed by atoms with Crippen molar-refractivity contribution in [1.29, 1.82) is 0 Å². The van der Waals surface area contributed by atoms with Crippen LogP contribution in [0.4, 0.5) is 10.1 Å². The highest BCUT2D eigenvalue weighted by Gasteiger charge is 1.95. The summed E-state index contributed by atoms with van der Waals surface area (Å²) in [5, 5.41) is 5.53. The molecule has 0 unspecified atom stereocenters. The second-order valence-corrected chi connectivity index (χ2v) is 2.65. The van der Waals surface area contributed by atoms with E-state index in [1.54, 1.807) is 0 Å². The average molecular weight is 192 g/mol. The van der Waals surface area contributed by atoms with Crippen molar-refractivity contribution >= 4 is 16.5 Å². The molecule has 1 aromatic carbocycles. The van der Waals surface area contributed by atoms with Gasteiger partial charge in [-0.2, -0.15) is 0 Å². The Morgan fingerprint density at radius 2 is 2.00 bits per heavy atom. The van der Waals surface area contributed by atoms with Crippen LogP contribution in [0.2, 0.25) is 0 Å². The van der Waals surface area contributed by atoms with Gasteiger partial charge in [-0.25, -0.2) is 0 Å². The molecule has 0 amide bonds. The van der Waals surface area contributed by atoms with Gasteiger partial charge in [0, 0.05) is 35.9 Å². The van der Waals surface area contributed by atoms with E-state index < -0.39 is 0 Å². The maximum absolute atomic E-state index is 9.50. The quantitative estimate of drug-likeness (QED) is 0.751. The minimum atomic E-state index is 0.500. The van der Waals surface area contributed by atoms with Gasteiger partial charge in [-0.3, -0.25) is 9.37 Å². The molecule has 2 nitrogen and oxygen atoms in total. The Bertz CT molecular complexity index is 396. The summed E-state index contributed by atoms with van der Waals surface area (Å²) in [5.74, 6) is 0. The van der Waals surface area contributed by atoms with Crippen molar-refractivity contribution in [3.8, 4) is 0 Å². The van der Waals surface area contributed by atoms with Gasteiger partial charge < -0.3 is 5.32 Å². The molecule has 14 heavy (non-hydrogen) atoms. The molecule has 0 bridgehead atoms. The maximum atomic E-state index is 9.50. The molecular formula is C11H13FN2. The molecule has 0 aliphatic rings. The van der Waals surface area contributed by atoms with Crippen LogP contribution in [0, 0.1) is 0 Å². The standard InChI is InChI=1S/C10H10N2.CH3F/c1-11-10-4-2-3-8-7-12-6-5-9(8)10;1-2/h2-7,11H,1H3;1H3. The van der Waals surface area contributed by atoms with Crippen molar-refractivity contribution in [3.63, 3.8) is 0 Å². The van der Waals surface area contributed by atoms with Crippen LogP contribution >= 0.6 is 0 Å². The summed E-state index contributed by atoms with van der Waals surface area (Å²) in [5.41, 5.74) is 1.15. The van der Waals surface area contributed by atoms with Gasteiger partial charge in [-0.05, 0) is 12.1 Å². The Labute approximate surface area is 82.8 Å². The van der Waals surface area contributed by atoms with Crippen molar-refractivity contribution in [2.75, 3.05) is 19.5 Å². The van der Waals surface area contributed by atoms with Crippen molar-refractivity contribution in [3.05, 3.63) is 36.7 Å². The highest BCUT2D eigenvalue weighted by molar-refractivity contribution is 5.92. The van der Waals surface area contributed by atoms with Crippen LogP contribution in [-0.4, -0.2) is 19.2 Å². The number of alkyl halides is 1. The summed E-state index contributed by atoms with van der Waals surface area (Å²) >= 11 is 0. The molecule has 0 saturated carbocycles. The normalized spacial score (nSPS) is 9.07. The monoisotopic (exact) mass is 192 g/mol. The minimum absolute atomic E-state index is 0.500. The molecule has 3 heteroatoms. The van der Waals surface area contributed by atoms with Crippen LogP contribution in [0.15, 0.2) is 36.7 Å². The summed E-state index contributed by atoms with van der Waals surface area (Å²) in [6.07, 6.45) is 3.68. The lowest BCUT2D eigenvalue weighted by Gasteiger charge is -2.03. The molecule has 0 saturated heterocycles. The zero-order valence-electron chi connectivity index (χ0n) is 8.29. The number of halogens is 1. The molecule has 0 atom stereocenters. The first kappa shape index (κ1) is 10.4. The third-order valence-electron chi connectivity index (χ3n) is 1.95. The fourth-order valence-electron chi connectivity index (χ4n) is 1.34. The van der Waals surface area contributed by atoms with Crippen molar-refractivity contribution in [2.45, 2.75) is 0 Å². The number of aromatic nitrogens is 1. The van der Waals surface area contributed by atoms with E-state index in [2.05, 4.69) is 22.4 Å². The van der Waals surface area contributed by atoms with Crippen molar-refractivity contribution in [1.82, 2.24) is 4.98 Å². The van der Waals surface area contributed by atoms with Crippen LogP contribution in [0.3, 0.4) is 0 Å². The fraction of sp³-hybridized carbons (Fsp3) is 0.182. The third kappa shape index (κ3) is 1.99. The van der Waals surface area contributed by atoms with E-state index in [0.717, 1.165) is 5.69 Å². The molecule has 0 radical (unpaired) electrons. The average Bonchev–Trinajstić information content (AvgIpc) is 2.31. The fourth-order valence-corrected chi connectivity index (χ4v) is 1.34. The van der Waals surface area contributed by atoms with E-state index >= 15 is 0 Å². The molecule has 0 aliphatic heterocycles. The number of fused-ring (bicyclic) bond motifs is 1. The lowest BCUT2D eigenvalue weighted by molar-refractivity contribution is 0.636. The summed E-state index contributed by atoms with van der Waals surface area (Å²) in [7, 11) is 2.43. The van der Waals surface area contributed by atoms with Gasteiger partial charge in [-0.1, -0.05) is 12.1 Å². The minimum Gasteiger partial charge on any atom is -0.388 e. The second kappa shape index (κ2) is 5.17. The molecule has 1 N–H and O–H groups in total. The lowest BCUT2D eigenvalue weighted by Crippen LogP contribution is -1.88. The predicted molar refractivity (Wildman–Crippen MR) is 58.3 cm³/mol. The van der Waals surface area contributed by atoms with E-state index in [1.165, 1.54) is 10.8 Å². The molecule has 1 aromatic heterocycles. The number of anilines is 1. The van der Waals surface area contributed by atoms with E-state index in [1.807, 2.05) is 31.6 Å². The molecule has 0 spiro atoms. The zero-order valence-corrected chi connectivity index (χ0v) is 8.29. The van der Waals surface area contributed by atoms with Crippen LogP contribution in [-0.2, 0) is 0 Å². The molecule has 1 heterocycles. The first-order chi connectivity index (χ1) is 6.92. The number of nitrogens with one attached hydrogen (secondary N) is 1. The van der Waals surface area contributed by atoms with Gasteiger partial charge in [0.2, 0.25) is 0 Å². The first-order valence-electron chi connectivity index (χ1n) is 4.30. The number of rotatable bonds is 1. The van der Waals surface area contributed by atoms with Gasteiger partial charge in [0.1, 0.15) is 0 Å². The lowest BCUT2D eigenvalue weighted by atomic mass is 10.1. The van der Waals surface area contributed by atoms with Crippen LogP contribution in [0.1, 0.15) is 0 Å². The summed E-state index contributed by atoms with van der Waals surface area (Å²) in [6.45, 7) is 0. The highest BCUT2D eigenvalue weighted by atomic mass is 19.1. The Morgan fingerprint density at radius 1 is 1.21 bits per heavy atom. The number of hydrogen-bond donors (Lipinski definition) is 1. The van der Waals surface area contributed by atoms with E-state index in [0.29, 0.717) is 7.18 Å². The Hall–Kier alpha value is -1.64.